The molecule has 2 aliphatic rings. The van der Waals surface area contributed by atoms with Crippen LogP contribution in [0.4, 0.5) is 10.5 Å². The molecule has 4 rings (SSSR count). The Bertz CT molecular complexity index is 1160. The van der Waals surface area contributed by atoms with Crippen LogP contribution in [0.3, 0.4) is 0 Å². The third-order valence-corrected chi connectivity index (χ3v) is 6.97. The Labute approximate surface area is 204 Å². The molecule has 0 spiro atoms. The largest absolute Gasteiger partial charge is 0.338 e. The monoisotopic (exact) mass is 503 g/mol. The fourth-order valence-electron chi connectivity index (χ4n) is 3.66. The summed E-state index contributed by atoms with van der Waals surface area (Å²) in [4.78, 5) is 53.4. The van der Waals surface area contributed by atoms with Gasteiger partial charge in [0.2, 0.25) is 5.91 Å². The summed E-state index contributed by atoms with van der Waals surface area (Å²) < 4.78 is 0. The Morgan fingerprint density at radius 3 is 2.39 bits per heavy atom. The first-order valence-electron chi connectivity index (χ1n) is 10.2. The summed E-state index contributed by atoms with van der Waals surface area (Å²) in [5.74, 6) is -1.15. The summed E-state index contributed by atoms with van der Waals surface area (Å²) >= 11 is 13.0. The summed E-state index contributed by atoms with van der Waals surface area (Å²) in [5, 5.41) is 2.94. The van der Waals surface area contributed by atoms with Gasteiger partial charge in [0.1, 0.15) is 6.54 Å². The zero-order valence-corrected chi connectivity index (χ0v) is 19.7. The van der Waals surface area contributed by atoms with Crippen molar-refractivity contribution < 1.29 is 19.2 Å². The van der Waals surface area contributed by atoms with E-state index >= 15 is 0 Å². The molecule has 2 aliphatic heterocycles. The van der Waals surface area contributed by atoms with Gasteiger partial charge in [-0.2, -0.15) is 0 Å². The number of benzene rings is 2. The molecule has 2 aromatic rings. The second kappa shape index (κ2) is 9.99. The number of carbonyl (C=O) groups is 4. The molecule has 0 radical (unpaired) electrons. The van der Waals surface area contributed by atoms with Crippen molar-refractivity contribution in [3.05, 3.63) is 74.6 Å². The second-order valence-corrected chi connectivity index (χ2v) is 9.33. The van der Waals surface area contributed by atoms with Gasteiger partial charge in [-0.1, -0.05) is 41.4 Å². The van der Waals surface area contributed by atoms with E-state index in [1.165, 1.54) is 6.07 Å². The van der Waals surface area contributed by atoms with Gasteiger partial charge in [-0.05, 0) is 60.5 Å². The van der Waals surface area contributed by atoms with Gasteiger partial charge < -0.3 is 10.2 Å². The molecule has 33 heavy (non-hydrogen) atoms. The Kier molecular flexibility index (Phi) is 7.07. The van der Waals surface area contributed by atoms with Crippen molar-refractivity contribution in [2.45, 2.75) is 12.8 Å². The fraction of sp³-hybridized carbons (Fsp3) is 0.217. The minimum Gasteiger partial charge on any atom is -0.338 e. The summed E-state index contributed by atoms with van der Waals surface area (Å²) in [5.41, 5.74) is 1.73. The molecule has 2 heterocycles. The van der Waals surface area contributed by atoms with Gasteiger partial charge >= 0.3 is 0 Å². The number of likely N-dealkylation sites (tertiary alicyclic amines) is 1. The normalized spacial score (nSPS) is 16.4. The first kappa shape index (κ1) is 23.4. The lowest BCUT2D eigenvalue weighted by Crippen LogP contribution is -2.38. The molecule has 1 N–H and O–H groups in total. The van der Waals surface area contributed by atoms with E-state index in [0.717, 1.165) is 22.2 Å². The van der Waals surface area contributed by atoms with Crippen LogP contribution < -0.4 is 5.32 Å². The minimum atomic E-state index is -0.477. The first-order valence-corrected chi connectivity index (χ1v) is 11.8. The number of rotatable bonds is 4. The molecular formula is C23H19Cl2N3O4S. The van der Waals surface area contributed by atoms with Gasteiger partial charge in [-0.3, -0.25) is 24.1 Å². The number of piperidine rings is 1. The molecule has 0 bridgehead atoms. The van der Waals surface area contributed by atoms with Crippen LogP contribution in [0, 0.1) is 0 Å². The molecule has 0 atom stereocenters. The van der Waals surface area contributed by atoms with Gasteiger partial charge in [-0.15, -0.1) is 0 Å². The Hall–Kier alpha value is -2.81. The highest BCUT2D eigenvalue weighted by Crippen LogP contribution is 2.36. The van der Waals surface area contributed by atoms with Crippen LogP contribution in [0.5, 0.6) is 0 Å². The zero-order chi connectivity index (χ0) is 23.5. The van der Waals surface area contributed by atoms with Crippen LogP contribution in [0.15, 0.2) is 59.0 Å². The molecular weight excluding hydrogens is 485 g/mol. The number of anilines is 1. The van der Waals surface area contributed by atoms with Crippen molar-refractivity contribution in [2.75, 3.05) is 25.0 Å². The fourth-order valence-corrected chi connectivity index (χ4v) is 5.00. The maximum atomic E-state index is 12.9. The number of imide groups is 1. The Morgan fingerprint density at radius 1 is 1.00 bits per heavy atom. The number of carbonyl (C=O) groups excluding carboxylic acids is 4. The third kappa shape index (κ3) is 5.24. The van der Waals surface area contributed by atoms with E-state index in [0.29, 0.717) is 52.1 Å². The molecule has 0 aliphatic carbocycles. The van der Waals surface area contributed by atoms with Gasteiger partial charge in [-0.25, -0.2) is 0 Å². The third-order valence-electron chi connectivity index (χ3n) is 5.34. The van der Waals surface area contributed by atoms with Crippen molar-refractivity contribution in [3.63, 3.8) is 0 Å². The molecule has 170 valence electrons. The Morgan fingerprint density at radius 2 is 1.70 bits per heavy atom. The lowest BCUT2D eigenvalue weighted by molar-refractivity contribution is -0.127. The van der Waals surface area contributed by atoms with Crippen molar-refractivity contribution in [2.24, 2.45) is 0 Å². The van der Waals surface area contributed by atoms with Gasteiger partial charge in [0, 0.05) is 23.8 Å². The molecule has 0 aromatic heterocycles. The van der Waals surface area contributed by atoms with Gasteiger partial charge in [0.25, 0.3) is 17.1 Å². The highest BCUT2D eigenvalue weighted by Gasteiger charge is 2.39. The molecule has 10 heteroatoms. The molecule has 2 aromatic carbocycles. The zero-order valence-electron chi connectivity index (χ0n) is 17.3. The summed E-state index contributed by atoms with van der Waals surface area (Å²) in [6, 6.07) is 13.5. The van der Waals surface area contributed by atoms with Crippen molar-refractivity contribution in [1.82, 2.24) is 9.80 Å². The van der Waals surface area contributed by atoms with Crippen LogP contribution in [0.1, 0.15) is 23.2 Å². The molecule has 0 saturated carbocycles. The van der Waals surface area contributed by atoms with Crippen LogP contribution >= 0.6 is 35.0 Å². The van der Waals surface area contributed by atoms with Crippen molar-refractivity contribution >= 4 is 63.6 Å². The smallest absolute Gasteiger partial charge is 0.294 e. The van der Waals surface area contributed by atoms with E-state index in [1.807, 2.05) is 6.07 Å². The lowest BCUT2D eigenvalue weighted by atomic mass is 10.0. The molecule has 2 fully saturated rings. The summed E-state index contributed by atoms with van der Waals surface area (Å²) in [6.07, 6.45) is 0.907. The van der Waals surface area contributed by atoms with Crippen LogP contribution in [-0.2, 0) is 9.59 Å². The molecule has 4 amide bonds. The predicted octanol–water partition coefficient (Wildman–Crippen LogP) is 4.82. The average molecular weight is 504 g/mol. The maximum absolute atomic E-state index is 12.9. The van der Waals surface area contributed by atoms with E-state index in [2.05, 4.69) is 5.32 Å². The Balaban J connectivity index is 1.40. The quantitative estimate of drug-likeness (QED) is 0.604. The van der Waals surface area contributed by atoms with E-state index in [9.17, 15) is 19.2 Å². The topological polar surface area (TPSA) is 86.8 Å². The highest BCUT2D eigenvalue weighted by atomic mass is 35.5. The number of hydrogen-bond donors (Lipinski definition) is 1. The standard InChI is InChI=1S/C23H19Cl2N3O4S/c24-15-6-7-18(25)17(12-15)21(30)27-10-8-14(9-11-27)20-22(31)28(23(32)33-20)13-19(29)26-16-4-2-1-3-5-16/h1-7,12H,8-11,13H2,(H,26,29). The van der Waals surface area contributed by atoms with E-state index in [1.54, 1.807) is 41.3 Å². The number of hydrogen-bond acceptors (Lipinski definition) is 5. The number of para-hydroxylation sites is 1. The number of nitrogens with one attached hydrogen (secondary N) is 1. The number of nitrogens with zero attached hydrogens (tertiary/aromatic N) is 2. The molecule has 0 unspecified atom stereocenters. The number of halogens is 2. The maximum Gasteiger partial charge on any atom is 0.294 e. The van der Waals surface area contributed by atoms with E-state index < -0.39 is 17.1 Å². The van der Waals surface area contributed by atoms with Crippen molar-refractivity contribution in [1.29, 1.82) is 0 Å². The van der Waals surface area contributed by atoms with Crippen LogP contribution in [0.2, 0.25) is 10.0 Å². The predicted molar refractivity (Wildman–Crippen MR) is 128 cm³/mol. The molecule has 2 saturated heterocycles. The summed E-state index contributed by atoms with van der Waals surface area (Å²) in [6.45, 7) is 0.419. The lowest BCUT2D eigenvalue weighted by Gasteiger charge is -2.29. The molecule has 7 nitrogen and oxygen atoms in total. The van der Waals surface area contributed by atoms with Gasteiger partial charge in [0.15, 0.2) is 0 Å². The average Bonchev–Trinajstić information content (AvgIpc) is 3.09. The highest BCUT2D eigenvalue weighted by molar-refractivity contribution is 8.18. The SMILES string of the molecule is O=C(CN1C(=O)SC(=C2CCN(C(=O)c3cc(Cl)ccc3Cl)CC2)C1=O)Nc1ccccc1. The summed E-state index contributed by atoms with van der Waals surface area (Å²) in [7, 11) is 0. The second-order valence-electron chi connectivity index (χ2n) is 7.52. The van der Waals surface area contributed by atoms with Gasteiger partial charge in [0.05, 0.1) is 15.5 Å². The first-order chi connectivity index (χ1) is 15.8. The van der Waals surface area contributed by atoms with E-state index in [4.69, 9.17) is 23.2 Å². The van der Waals surface area contributed by atoms with Crippen LogP contribution in [0.25, 0.3) is 0 Å². The van der Waals surface area contributed by atoms with Crippen LogP contribution in [-0.4, -0.2) is 52.4 Å². The number of thioether (sulfide) groups is 1. The minimum absolute atomic E-state index is 0.229. The van der Waals surface area contributed by atoms with E-state index in [-0.39, 0.29) is 12.5 Å². The number of amides is 4. The van der Waals surface area contributed by atoms with Crippen molar-refractivity contribution in [3.8, 4) is 0 Å².